The van der Waals surface area contributed by atoms with Crippen LogP contribution >= 0.6 is 0 Å². The van der Waals surface area contributed by atoms with E-state index < -0.39 is 35.4 Å². The molecule has 0 heterocycles. The summed E-state index contributed by atoms with van der Waals surface area (Å²) in [6.07, 6.45) is -1.32. The van der Waals surface area contributed by atoms with Crippen LogP contribution in [-0.2, 0) is 14.3 Å². The van der Waals surface area contributed by atoms with E-state index in [-0.39, 0.29) is 6.42 Å². The molecule has 0 aliphatic heterocycles. The molecule has 0 aromatic carbocycles. The Bertz CT molecular complexity index is 340. The second-order valence-corrected chi connectivity index (χ2v) is 6.79. The van der Waals surface area contributed by atoms with Crippen LogP contribution in [0.15, 0.2) is 0 Å². The van der Waals surface area contributed by atoms with Gasteiger partial charge in [-0.05, 0) is 48.5 Å². The zero-order valence-electron chi connectivity index (χ0n) is 13.4. The van der Waals surface area contributed by atoms with Crippen LogP contribution in [0.2, 0.25) is 0 Å². The lowest BCUT2D eigenvalue weighted by Gasteiger charge is -2.31. The Labute approximate surface area is 120 Å². The number of amides is 1. The van der Waals surface area contributed by atoms with Crippen molar-refractivity contribution in [1.29, 1.82) is 0 Å². The molecule has 6 nitrogen and oxygen atoms in total. The molecule has 0 spiro atoms. The van der Waals surface area contributed by atoms with E-state index in [0.717, 1.165) is 0 Å². The van der Waals surface area contributed by atoms with E-state index in [9.17, 15) is 9.59 Å². The summed E-state index contributed by atoms with van der Waals surface area (Å²) >= 11 is 0. The molecule has 0 aromatic heterocycles. The summed E-state index contributed by atoms with van der Waals surface area (Å²) in [7, 11) is 0. The third-order valence-corrected chi connectivity index (χ3v) is 2.20. The van der Waals surface area contributed by atoms with Gasteiger partial charge in [0.25, 0.3) is 0 Å². The summed E-state index contributed by atoms with van der Waals surface area (Å²) in [5.41, 5.74) is -1.06. The summed E-state index contributed by atoms with van der Waals surface area (Å²) < 4.78 is 10.8. The van der Waals surface area contributed by atoms with Crippen molar-refractivity contribution in [3.8, 4) is 0 Å². The van der Waals surface area contributed by atoms with Crippen LogP contribution in [0.1, 0.15) is 54.9 Å². The Morgan fingerprint density at radius 2 is 1.60 bits per heavy atom. The Morgan fingerprint density at radius 3 is 1.95 bits per heavy atom. The quantitative estimate of drug-likeness (QED) is 0.812. The van der Waals surface area contributed by atoms with Crippen LogP contribution in [-0.4, -0.2) is 40.5 Å². The number of rotatable bonds is 5. The molecule has 0 aliphatic carbocycles. The minimum atomic E-state index is -1.00. The van der Waals surface area contributed by atoms with Crippen molar-refractivity contribution in [3.63, 3.8) is 0 Å². The molecule has 0 rings (SSSR count). The maximum Gasteiger partial charge on any atom is 0.407 e. The molecule has 6 heteroatoms. The average molecular weight is 289 g/mol. The molecule has 0 saturated carbocycles. The smallest absolute Gasteiger partial charge is 0.407 e. The number of hydrogen-bond donors (Lipinski definition) is 2. The highest BCUT2D eigenvalue weighted by atomic mass is 16.6. The second-order valence-electron chi connectivity index (χ2n) is 6.79. The van der Waals surface area contributed by atoms with Crippen LogP contribution < -0.4 is 5.32 Å². The monoisotopic (exact) mass is 289 g/mol. The highest BCUT2D eigenvalue weighted by Crippen LogP contribution is 2.15. The molecule has 0 unspecified atom stereocenters. The summed E-state index contributed by atoms with van der Waals surface area (Å²) in [5.74, 6) is -1.00. The molecule has 2 atom stereocenters. The Balaban J connectivity index is 4.72. The first-order valence-electron chi connectivity index (χ1n) is 6.69. The molecule has 0 aliphatic rings. The van der Waals surface area contributed by atoms with Crippen LogP contribution in [0.4, 0.5) is 4.79 Å². The second kappa shape index (κ2) is 6.92. The van der Waals surface area contributed by atoms with Crippen molar-refractivity contribution in [2.24, 2.45) is 0 Å². The lowest BCUT2D eigenvalue weighted by atomic mass is 10.1. The van der Waals surface area contributed by atoms with Crippen molar-refractivity contribution >= 4 is 12.1 Å². The van der Waals surface area contributed by atoms with Crippen molar-refractivity contribution < 1.29 is 24.2 Å². The average Bonchev–Trinajstić information content (AvgIpc) is 2.09. The van der Waals surface area contributed by atoms with Gasteiger partial charge in [-0.25, -0.2) is 4.79 Å². The lowest BCUT2D eigenvalue weighted by Crippen LogP contribution is -2.48. The molecule has 0 fully saturated rings. The summed E-state index contributed by atoms with van der Waals surface area (Å²) in [6.45, 7) is 12.6. The van der Waals surface area contributed by atoms with Crippen LogP contribution in [0.5, 0.6) is 0 Å². The molecule has 2 N–H and O–H groups in total. The Kier molecular flexibility index (Phi) is 6.47. The van der Waals surface area contributed by atoms with Gasteiger partial charge >= 0.3 is 12.1 Å². The van der Waals surface area contributed by atoms with Crippen molar-refractivity contribution in [2.45, 2.75) is 78.2 Å². The first-order valence-corrected chi connectivity index (χ1v) is 6.69. The largest absolute Gasteiger partial charge is 0.481 e. The number of carbonyl (C=O) groups excluding carboxylic acids is 1. The van der Waals surface area contributed by atoms with E-state index in [1.807, 2.05) is 20.8 Å². The molecule has 0 saturated heterocycles. The van der Waals surface area contributed by atoms with Crippen molar-refractivity contribution in [3.05, 3.63) is 0 Å². The van der Waals surface area contributed by atoms with Gasteiger partial charge in [0, 0.05) is 0 Å². The number of alkyl carbamates (subject to hydrolysis) is 1. The highest BCUT2D eigenvalue weighted by Gasteiger charge is 2.28. The minimum absolute atomic E-state index is 0.226. The number of aliphatic carboxylic acids is 1. The third-order valence-electron chi connectivity index (χ3n) is 2.20. The third kappa shape index (κ3) is 9.61. The van der Waals surface area contributed by atoms with E-state index in [4.69, 9.17) is 14.6 Å². The van der Waals surface area contributed by atoms with Gasteiger partial charge in [0.2, 0.25) is 0 Å². The van der Waals surface area contributed by atoms with Gasteiger partial charge in [0.1, 0.15) is 5.60 Å². The van der Waals surface area contributed by atoms with E-state index >= 15 is 0 Å². The maximum atomic E-state index is 11.7. The van der Waals surface area contributed by atoms with Gasteiger partial charge in [0.05, 0.1) is 24.2 Å². The fraction of sp³-hybridized carbons (Fsp3) is 0.857. The molecule has 118 valence electrons. The van der Waals surface area contributed by atoms with E-state index in [0.29, 0.717) is 0 Å². The minimum Gasteiger partial charge on any atom is -0.481 e. The lowest BCUT2D eigenvalue weighted by molar-refractivity contribution is -0.139. The maximum absolute atomic E-state index is 11.7. The Morgan fingerprint density at radius 1 is 1.10 bits per heavy atom. The zero-order valence-corrected chi connectivity index (χ0v) is 13.4. The van der Waals surface area contributed by atoms with Gasteiger partial charge in [-0.15, -0.1) is 0 Å². The topological polar surface area (TPSA) is 84.9 Å². The summed E-state index contributed by atoms with van der Waals surface area (Å²) in [6, 6.07) is -0.651. The highest BCUT2D eigenvalue weighted by molar-refractivity contribution is 5.71. The van der Waals surface area contributed by atoms with E-state index in [1.165, 1.54) is 0 Å². The molecule has 1 amide bonds. The molecule has 0 bridgehead atoms. The molecule has 0 radical (unpaired) electrons. The number of hydrogen-bond acceptors (Lipinski definition) is 4. The molecular weight excluding hydrogens is 262 g/mol. The fourth-order valence-corrected chi connectivity index (χ4v) is 1.62. The standard InChI is InChI=1S/C14H27NO5/c1-9(19-13(2,3)4)10(8-11(16)17)15-12(18)20-14(5,6)7/h9-10H,8H2,1-7H3,(H,15,18)(H,16,17)/t9-,10-/m1/s1. The van der Waals surface area contributed by atoms with Crippen LogP contribution in [0, 0.1) is 0 Å². The number of ether oxygens (including phenoxy) is 2. The van der Waals surface area contributed by atoms with Crippen LogP contribution in [0.3, 0.4) is 0 Å². The number of carbonyl (C=O) groups is 2. The van der Waals surface area contributed by atoms with Crippen molar-refractivity contribution in [2.75, 3.05) is 0 Å². The zero-order chi connectivity index (χ0) is 16.1. The predicted molar refractivity (Wildman–Crippen MR) is 75.7 cm³/mol. The van der Waals surface area contributed by atoms with E-state index in [2.05, 4.69) is 5.32 Å². The number of carboxylic acids is 1. The van der Waals surface area contributed by atoms with Gasteiger partial charge in [0.15, 0.2) is 0 Å². The normalized spacial score (nSPS) is 15.3. The van der Waals surface area contributed by atoms with Gasteiger partial charge < -0.3 is 19.9 Å². The summed E-state index contributed by atoms with van der Waals surface area (Å²) in [5, 5.41) is 11.5. The first kappa shape index (κ1) is 18.7. The number of carboxylic acid groups (broad SMARTS) is 1. The van der Waals surface area contributed by atoms with Gasteiger partial charge in [-0.3, -0.25) is 4.79 Å². The SMILES string of the molecule is C[C@@H](OC(C)(C)C)[C@@H](CC(=O)O)NC(=O)OC(C)(C)C. The number of nitrogens with one attached hydrogen (secondary N) is 1. The molecular formula is C14H27NO5. The Hall–Kier alpha value is -1.30. The molecule has 0 aromatic rings. The first-order chi connectivity index (χ1) is 8.80. The van der Waals surface area contributed by atoms with Gasteiger partial charge in [-0.2, -0.15) is 0 Å². The predicted octanol–water partition coefficient (Wildman–Crippen LogP) is 2.56. The van der Waals surface area contributed by atoms with Gasteiger partial charge in [-0.1, -0.05) is 0 Å². The van der Waals surface area contributed by atoms with E-state index in [1.54, 1.807) is 27.7 Å². The van der Waals surface area contributed by atoms with Crippen LogP contribution in [0.25, 0.3) is 0 Å². The summed E-state index contributed by atoms with van der Waals surface area (Å²) in [4.78, 5) is 22.6. The fourth-order valence-electron chi connectivity index (χ4n) is 1.62. The van der Waals surface area contributed by atoms with Crippen molar-refractivity contribution in [1.82, 2.24) is 5.32 Å². The molecule has 20 heavy (non-hydrogen) atoms.